The highest BCUT2D eigenvalue weighted by atomic mass is 32.1. The van der Waals surface area contributed by atoms with Gasteiger partial charge >= 0.3 is 0 Å². The first kappa shape index (κ1) is 13.4. The first-order valence-electron chi connectivity index (χ1n) is 7.03. The van der Waals surface area contributed by atoms with Crippen LogP contribution in [0.1, 0.15) is 39.9 Å². The lowest BCUT2D eigenvalue weighted by Crippen LogP contribution is -2.09. The van der Waals surface area contributed by atoms with Crippen molar-refractivity contribution in [3.8, 4) is 0 Å². The number of aryl methyl sites for hydroxylation is 1. The maximum atomic E-state index is 4.71. The second-order valence-electron chi connectivity index (χ2n) is 5.29. The van der Waals surface area contributed by atoms with Crippen LogP contribution in [-0.4, -0.2) is 17.0 Å². The highest BCUT2D eigenvalue weighted by Crippen LogP contribution is 2.39. The summed E-state index contributed by atoms with van der Waals surface area (Å²) < 4.78 is 0. The molecule has 1 aliphatic carbocycles. The number of nitrogens with one attached hydrogen (secondary N) is 2. The summed E-state index contributed by atoms with van der Waals surface area (Å²) >= 11 is 1.82. The summed E-state index contributed by atoms with van der Waals surface area (Å²) in [4.78, 5) is 12.0. The number of aromatic nitrogens is 2. The van der Waals surface area contributed by atoms with Crippen LogP contribution in [0.25, 0.3) is 0 Å². The van der Waals surface area contributed by atoms with Crippen LogP contribution in [0.3, 0.4) is 0 Å². The van der Waals surface area contributed by atoms with Crippen molar-refractivity contribution in [2.75, 3.05) is 17.7 Å². The maximum Gasteiger partial charge on any atom is 0.136 e. The van der Waals surface area contributed by atoms with Crippen molar-refractivity contribution < 1.29 is 0 Å². The zero-order chi connectivity index (χ0) is 14.1. The molecule has 0 radical (unpaired) electrons. The molecule has 0 atom stereocenters. The molecule has 0 saturated heterocycles. The standard InChI is InChI=1S/C15H20N4S/c1-9-4-7-12(20-9)8-17-14-10(2)13(16-3)18-15(19-14)11-5-6-11/h4,7,11H,5-6,8H2,1-3H3,(H2,16,17,18,19). The Hall–Kier alpha value is -1.62. The molecule has 0 unspecified atom stereocenters. The molecule has 0 bridgehead atoms. The van der Waals surface area contributed by atoms with Crippen LogP contribution in [0.4, 0.5) is 11.6 Å². The van der Waals surface area contributed by atoms with E-state index in [9.17, 15) is 0 Å². The molecule has 0 aliphatic heterocycles. The summed E-state index contributed by atoms with van der Waals surface area (Å²) in [5.74, 6) is 3.43. The lowest BCUT2D eigenvalue weighted by molar-refractivity contribution is 0.915. The number of thiophene rings is 1. The molecule has 1 fully saturated rings. The van der Waals surface area contributed by atoms with Gasteiger partial charge in [-0.05, 0) is 38.8 Å². The van der Waals surface area contributed by atoms with Gasteiger partial charge in [0.05, 0.1) is 6.54 Å². The second-order valence-corrected chi connectivity index (χ2v) is 6.67. The molecule has 20 heavy (non-hydrogen) atoms. The van der Waals surface area contributed by atoms with E-state index in [2.05, 4.69) is 41.6 Å². The minimum Gasteiger partial charge on any atom is -0.373 e. The zero-order valence-electron chi connectivity index (χ0n) is 12.2. The van der Waals surface area contributed by atoms with Gasteiger partial charge in [0.15, 0.2) is 0 Å². The molecule has 3 rings (SSSR count). The van der Waals surface area contributed by atoms with Crippen molar-refractivity contribution in [3.63, 3.8) is 0 Å². The normalized spacial score (nSPS) is 14.3. The topological polar surface area (TPSA) is 49.8 Å². The van der Waals surface area contributed by atoms with Crippen LogP contribution in [0.5, 0.6) is 0 Å². The van der Waals surface area contributed by atoms with Crippen LogP contribution in [0.2, 0.25) is 0 Å². The number of anilines is 2. The molecule has 1 aliphatic rings. The first-order chi connectivity index (χ1) is 9.67. The summed E-state index contributed by atoms with van der Waals surface area (Å²) in [6.45, 7) is 5.02. The quantitative estimate of drug-likeness (QED) is 0.881. The van der Waals surface area contributed by atoms with Crippen molar-refractivity contribution in [2.24, 2.45) is 0 Å². The molecule has 0 spiro atoms. The smallest absolute Gasteiger partial charge is 0.136 e. The molecule has 106 valence electrons. The van der Waals surface area contributed by atoms with Gasteiger partial charge < -0.3 is 10.6 Å². The SMILES string of the molecule is CNc1nc(C2CC2)nc(NCc2ccc(C)s2)c1C. The summed E-state index contributed by atoms with van der Waals surface area (Å²) in [7, 11) is 1.92. The maximum absolute atomic E-state index is 4.71. The van der Waals surface area contributed by atoms with E-state index < -0.39 is 0 Å². The fourth-order valence-corrected chi connectivity index (χ4v) is 3.05. The van der Waals surface area contributed by atoms with Crippen LogP contribution < -0.4 is 10.6 Å². The Balaban J connectivity index is 1.81. The van der Waals surface area contributed by atoms with E-state index in [0.717, 1.165) is 29.6 Å². The van der Waals surface area contributed by atoms with Crippen molar-refractivity contribution in [1.29, 1.82) is 0 Å². The minimum absolute atomic E-state index is 0.562. The van der Waals surface area contributed by atoms with Crippen molar-refractivity contribution in [2.45, 2.75) is 39.2 Å². The summed E-state index contributed by atoms with van der Waals surface area (Å²) in [5.41, 5.74) is 1.09. The highest BCUT2D eigenvalue weighted by molar-refractivity contribution is 7.11. The molecule has 2 heterocycles. The Kier molecular flexibility index (Phi) is 3.61. The van der Waals surface area contributed by atoms with Gasteiger partial charge in [0.25, 0.3) is 0 Å². The molecule has 2 aromatic heterocycles. The fraction of sp³-hybridized carbons (Fsp3) is 0.467. The summed E-state index contributed by atoms with van der Waals surface area (Å²) in [6.07, 6.45) is 2.44. The highest BCUT2D eigenvalue weighted by Gasteiger charge is 2.28. The van der Waals surface area contributed by atoms with E-state index in [4.69, 9.17) is 4.98 Å². The van der Waals surface area contributed by atoms with Gasteiger partial charge in [-0.25, -0.2) is 9.97 Å². The zero-order valence-corrected chi connectivity index (χ0v) is 13.0. The fourth-order valence-electron chi connectivity index (χ4n) is 2.22. The molecule has 0 aromatic carbocycles. The van der Waals surface area contributed by atoms with Gasteiger partial charge in [-0.1, -0.05) is 0 Å². The Labute approximate surface area is 123 Å². The molecule has 2 aromatic rings. The van der Waals surface area contributed by atoms with E-state index in [0.29, 0.717) is 5.92 Å². The third kappa shape index (κ3) is 2.77. The molecular formula is C15H20N4S. The third-order valence-corrected chi connectivity index (χ3v) is 4.57. The molecule has 1 saturated carbocycles. The minimum atomic E-state index is 0.562. The molecule has 4 nitrogen and oxygen atoms in total. The number of rotatable bonds is 5. The van der Waals surface area contributed by atoms with Gasteiger partial charge in [0.1, 0.15) is 17.5 Å². The van der Waals surface area contributed by atoms with Gasteiger partial charge in [-0.3, -0.25) is 0 Å². The van der Waals surface area contributed by atoms with Gasteiger partial charge in [-0.2, -0.15) is 0 Å². The second kappa shape index (κ2) is 5.40. The summed E-state index contributed by atoms with van der Waals surface area (Å²) in [6, 6.07) is 4.33. The first-order valence-corrected chi connectivity index (χ1v) is 7.84. The number of nitrogens with zero attached hydrogens (tertiary/aromatic N) is 2. The number of hydrogen-bond donors (Lipinski definition) is 2. The Bertz CT molecular complexity index is 616. The molecule has 2 N–H and O–H groups in total. The van der Waals surface area contributed by atoms with Gasteiger partial charge in [-0.15, -0.1) is 11.3 Å². The Morgan fingerprint density at radius 3 is 2.55 bits per heavy atom. The van der Waals surface area contributed by atoms with E-state index >= 15 is 0 Å². The van der Waals surface area contributed by atoms with E-state index in [1.807, 2.05) is 18.4 Å². The lowest BCUT2D eigenvalue weighted by atomic mass is 10.2. The predicted octanol–water partition coefficient (Wildman–Crippen LogP) is 3.69. The largest absolute Gasteiger partial charge is 0.373 e. The molecule has 0 amide bonds. The van der Waals surface area contributed by atoms with E-state index in [1.54, 1.807) is 0 Å². The Morgan fingerprint density at radius 2 is 1.95 bits per heavy atom. The van der Waals surface area contributed by atoms with Crippen LogP contribution >= 0.6 is 11.3 Å². The van der Waals surface area contributed by atoms with Crippen molar-refractivity contribution in [3.05, 3.63) is 33.3 Å². The van der Waals surface area contributed by atoms with Crippen molar-refractivity contribution in [1.82, 2.24) is 9.97 Å². The van der Waals surface area contributed by atoms with Crippen LogP contribution in [-0.2, 0) is 6.54 Å². The number of hydrogen-bond acceptors (Lipinski definition) is 5. The predicted molar refractivity (Wildman–Crippen MR) is 84.7 cm³/mol. The monoisotopic (exact) mass is 288 g/mol. The van der Waals surface area contributed by atoms with Crippen LogP contribution in [0, 0.1) is 13.8 Å². The van der Waals surface area contributed by atoms with E-state index in [1.165, 1.54) is 22.6 Å². The summed E-state index contributed by atoms with van der Waals surface area (Å²) in [5, 5.41) is 6.63. The third-order valence-electron chi connectivity index (χ3n) is 3.57. The molecular weight excluding hydrogens is 268 g/mol. The Morgan fingerprint density at radius 1 is 1.20 bits per heavy atom. The average molecular weight is 288 g/mol. The van der Waals surface area contributed by atoms with Crippen LogP contribution in [0.15, 0.2) is 12.1 Å². The van der Waals surface area contributed by atoms with Gasteiger partial charge in [0, 0.05) is 28.3 Å². The lowest BCUT2D eigenvalue weighted by Gasteiger charge is -2.13. The average Bonchev–Trinajstić information content (AvgIpc) is 3.21. The van der Waals surface area contributed by atoms with Gasteiger partial charge in [0.2, 0.25) is 0 Å². The molecule has 5 heteroatoms. The van der Waals surface area contributed by atoms with E-state index in [-0.39, 0.29) is 0 Å². The van der Waals surface area contributed by atoms with Crippen molar-refractivity contribution >= 4 is 23.0 Å².